The van der Waals surface area contributed by atoms with E-state index in [4.69, 9.17) is 25.5 Å². The molecule has 0 saturated heterocycles. The Morgan fingerprint density at radius 2 is 2.08 bits per heavy atom. The summed E-state index contributed by atoms with van der Waals surface area (Å²) < 4.78 is 17.1. The van der Waals surface area contributed by atoms with Crippen molar-refractivity contribution in [1.29, 1.82) is 0 Å². The Labute approximate surface area is 152 Å². The summed E-state index contributed by atoms with van der Waals surface area (Å²) in [5.41, 5.74) is 1.95. The smallest absolute Gasteiger partial charge is 0.342 e. The lowest BCUT2D eigenvalue weighted by molar-refractivity contribution is 0.0601. The molecule has 0 bridgehead atoms. The summed E-state index contributed by atoms with van der Waals surface area (Å²) in [6.07, 6.45) is 0. The highest BCUT2D eigenvalue weighted by molar-refractivity contribution is 9.10. The maximum absolute atomic E-state index is 12.0. The molecule has 24 heavy (non-hydrogen) atoms. The quantitative estimate of drug-likeness (QED) is 0.532. The minimum atomic E-state index is -0.436. The summed E-state index contributed by atoms with van der Waals surface area (Å²) >= 11 is 9.45. The number of fused-ring (bicyclic) bond motifs is 1. The van der Waals surface area contributed by atoms with Crippen molar-refractivity contribution in [2.45, 2.75) is 13.5 Å². The summed E-state index contributed by atoms with van der Waals surface area (Å²) in [6, 6.07) is 11.0. The normalized spacial score (nSPS) is 10.8. The molecule has 0 radical (unpaired) electrons. The van der Waals surface area contributed by atoms with E-state index in [1.54, 1.807) is 19.1 Å². The fourth-order valence-corrected chi connectivity index (χ4v) is 3.12. The number of esters is 1. The Morgan fingerprint density at radius 1 is 1.29 bits per heavy atom. The van der Waals surface area contributed by atoms with E-state index in [1.807, 2.05) is 24.3 Å². The number of carbonyl (C=O) groups excluding carboxylic acids is 1. The van der Waals surface area contributed by atoms with Crippen LogP contribution < -0.4 is 4.74 Å². The number of furan rings is 1. The number of methoxy groups -OCH3 is 1. The van der Waals surface area contributed by atoms with Gasteiger partial charge in [0.1, 0.15) is 29.3 Å². The van der Waals surface area contributed by atoms with E-state index in [1.165, 1.54) is 7.11 Å². The topological polar surface area (TPSA) is 48.7 Å². The lowest BCUT2D eigenvalue weighted by Crippen LogP contribution is -2.02. The molecule has 6 heteroatoms. The van der Waals surface area contributed by atoms with Crippen LogP contribution in [0.3, 0.4) is 0 Å². The first-order valence-electron chi connectivity index (χ1n) is 7.18. The SMILES string of the molecule is COC(=O)c1c(C)oc2cc(Br)c(OCc3cccc(Cl)c3)cc12. The third-order valence-corrected chi connectivity index (χ3v) is 4.45. The van der Waals surface area contributed by atoms with Crippen molar-refractivity contribution >= 4 is 44.5 Å². The van der Waals surface area contributed by atoms with Gasteiger partial charge in [-0.25, -0.2) is 4.79 Å². The molecule has 3 rings (SSSR count). The Hall–Kier alpha value is -1.98. The molecule has 0 fully saturated rings. The molecule has 0 aliphatic carbocycles. The highest BCUT2D eigenvalue weighted by Gasteiger charge is 2.20. The van der Waals surface area contributed by atoms with Gasteiger partial charge in [0, 0.05) is 10.4 Å². The van der Waals surface area contributed by atoms with Gasteiger partial charge in [-0.1, -0.05) is 23.7 Å². The van der Waals surface area contributed by atoms with Crippen molar-refractivity contribution < 1.29 is 18.7 Å². The number of halogens is 2. The first-order valence-corrected chi connectivity index (χ1v) is 8.35. The van der Waals surface area contributed by atoms with E-state index in [9.17, 15) is 4.79 Å². The van der Waals surface area contributed by atoms with Gasteiger partial charge < -0.3 is 13.9 Å². The molecule has 3 aromatic rings. The molecule has 1 heterocycles. The highest BCUT2D eigenvalue weighted by atomic mass is 79.9. The van der Waals surface area contributed by atoms with E-state index in [0.717, 1.165) is 10.0 Å². The molecular weight excluding hydrogens is 396 g/mol. The zero-order valence-electron chi connectivity index (χ0n) is 13.1. The molecule has 0 N–H and O–H groups in total. The van der Waals surface area contributed by atoms with E-state index >= 15 is 0 Å². The van der Waals surface area contributed by atoms with Crippen LogP contribution in [0, 0.1) is 6.92 Å². The summed E-state index contributed by atoms with van der Waals surface area (Å²) in [4.78, 5) is 12.0. The van der Waals surface area contributed by atoms with Gasteiger partial charge in [0.05, 0.1) is 11.6 Å². The van der Waals surface area contributed by atoms with Crippen LogP contribution in [0.25, 0.3) is 11.0 Å². The van der Waals surface area contributed by atoms with E-state index in [2.05, 4.69) is 15.9 Å². The van der Waals surface area contributed by atoms with Crippen LogP contribution in [-0.2, 0) is 11.3 Å². The lowest BCUT2D eigenvalue weighted by atomic mass is 10.1. The van der Waals surface area contributed by atoms with Gasteiger partial charge in [-0.15, -0.1) is 0 Å². The Kier molecular flexibility index (Phi) is 4.83. The number of rotatable bonds is 4. The van der Waals surface area contributed by atoms with E-state index < -0.39 is 5.97 Å². The van der Waals surface area contributed by atoms with Crippen LogP contribution >= 0.6 is 27.5 Å². The van der Waals surface area contributed by atoms with Crippen LogP contribution in [0.5, 0.6) is 5.75 Å². The van der Waals surface area contributed by atoms with Crippen molar-refractivity contribution in [3.8, 4) is 5.75 Å². The third-order valence-electron chi connectivity index (χ3n) is 3.59. The molecule has 1 aromatic heterocycles. The van der Waals surface area contributed by atoms with Crippen molar-refractivity contribution in [3.05, 3.63) is 62.8 Å². The van der Waals surface area contributed by atoms with Gasteiger partial charge in [-0.3, -0.25) is 0 Å². The number of benzene rings is 2. The summed E-state index contributed by atoms with van der Waals surface area (Å²) in [5.74, 6) is 0.679. The molecule has 0 atom stereocenters. The van der Waals surface area contributed by atoms with Crippen molar-refractivity contribution in [1.82, 2.24) is 0 Å². The van der Waals surface area contributed by atoms with E-state index in [0.29, 0.717) is 39.7 Å². The number of aryl methyl sites for hydroxylation is 1. The Bertz CT molecular complexity index is 917. The minimum absolute atomic E-state index is 0.356. The second-order valence-electron chi connectivity index (χ2n) is 5.22. The molecule has 0 unspecified atom stereocenters. The summed E-state index contributed by atoms with van der Waals surface area (Å²) in [6.45, 7) is 2.09. The minimum Gasteiger partial charge on any atom is -0.488 e. The fourth-order valence-electron chi connectivity index (χ4n) is 2.47. The molecule has 0 aliphatic rings. The molecule has 0 saturated carbocycles. The number of ether oxygens (including phenoxy) is 2. The number of hydrogen-bond donors (Lipinski definition) is 0. The zero-order valence-corrected chi connectivity index (χ0v) is 15.4. The highest BCUT2D eigenvalue weighted by Crippen LogP contribution is 2.35. The molecule has 2 aromatic carbocycles. The van der Waals surface area contributed by atoms with Crippen LogP contribution in [0.2, 0.25) is 5.02 Å². The monoisotopic (exact) mass is 408 g/mol. The molecule has 0 aliphatic heterocycles. The second kappa shape index (κ2) is 6.87. The Balaban J connectivity index is 1.96. The third kappa shape index (κ3) is 3.28. The average Bonchev–Trinajstić information content (AvgIpc) is 2.86. The number of carbonyl (C=O) groups is 1. The molecular formula is C18H14BrClO4. The predicted molar refractivity (Wildman–Crippen MR) is 95.8 cm³/mol. The standard InChI is InChI=1S/C18H14BrClO4/c1-10-17(18(21)22-2)13-7-16(14(19)8-15(13)24-10)23-9-11-4-3-5-12(20)6-11/h3-8H,9H2,1-2H3. The van der Waals surface area contributed by atoms with Gasteiger partial charge >= 0.3 is 5.97 Å². The maximum Gasteiger partial charge on any atom is 0.342 e. The maximum atomic E-state index is 12.0. The van der Waals surface area contributed by atoms with Gasteiger partial charge in [-0.05, 0) is 52.7 Å². The first-order chi connectivity index (χ1) is 11.5. The van der Waals surface area contributed by atoms with Crippen LogP contribution in [0.4, 0.5) is 0 Å². The van der Waals surface area contributed by atoms with Crippen LogP contribution in [-0.4, -0.2) is 13.1 Å². The van der Waals surface area contributed by atoms with Crippen LogP contribution in [0.1, 0.15) is 21.7 Å². The summed E-state index contributed by atoms with van der Waals surface area (Å²) in [5, 5.41) is 1.31. The van der Waals surface area contributed by atoms with Gasteiger partial charge in [0.25, 0.3) is 0 Å². The first kappa shape index (κ1) is 16.9. The van der Waals surface area contributed by atoms with Crippen molar-refractivity contribution in [3.63, 3.8) is 0 Å². The number of hydrogen-bond acceptors (Lipinski definition) is 4. The Morgan fingerprint density at radius 3 is 2.79 bits per heavy atom. The molecule has 0 amide bonds. The average molecular weight is 410 g/mol. The summed E-state index contributed by atoms with van der Waals surface area (Å²) in [7, 11) is 1.34. The lowest BCUT2D eigenvalue weighted by Gasteiger charge is -2.09. The largest absolute Gasteiger partial charge is 0.488 e. The van der Waals surface area contributed by atoms with Crippen molar-refractivity contribution in [2.75, 3.05) is 7.11 Å². The van der Waals surface area contributed by atoms with E-state index in [-0.39, 0.29) is 0 Å². The molecule has 124 valence electrons. The molecule has 4 nitrogen and oxygen atoms in total. The molecule has 0 spiro atoms. The van der Waals surface area contributed by atoms with Crippen molar-refractivity contribution in [2.24, 2.45) is 0 Å². The van der Waals surface area contributed by atoms with Gasteiger partial charge in [0.2, 0.25) is 0 Å². The zero-order chi connectivity index (χ0) is 17.3. The fraction of sp³-hybridized carbons (Fsp3) is 0.167. The second-order valence-corrected chi connectivity index (χ2v) is 6.51. The van der Waals surface area contributed by atoms with Crippen LogP contribution in [0.15, 0.2) is 45.3 Å². The van der Waals surface area contributed by atoms with Gasteiger partial charge in [-0.2, -0.15) is 0 Å². The van der Waals surface area contributed by atoms with Gasteiger partial charge in [0.15, 0.2) is 0 Å². The predicted octanol–water partition coefficient (Wildman–Crippen LogP) is 5.52.